The first kappa shape index (κ1) is 21.3. The van der Waals surface area contributed by atoms with E-state index in [0.29, 0.717) is 6.61 Å². The first-order valence-corrected chi connectivity index (χ1v) is 9.07. The quantitative estimate of drug-likeness (QED) is 0.308. The monoisotopic (exact) mass is 481 g/mol. The molecular weight excluding hydrogens is 453 g/mol. The molecule has 0 unspecified atom stereocenters. The largest absolute Gasteiger partial charge is 0.492 e. The molecule has 0 atom stereocenters. The minimum atomic E-state index is 0. The van der Waals surface area contributed by atoms with Gasteiger partial charge in [0.1, 0.15) is 18.2 Å². The minimum absolute atomic E-state index is 0. The average molecular weight is 481 g/mol. The second-order valence-electron chi connectivity index (χ2n) is 6.30. The molecule has 1 fully saturated rings. The molecule has 146 valence electrons. The number of aliphatic imine (C=N–C) groups is 1. The number of hydrogen-bond donors (Lipinski definition) is 1. The van der Waals surface area contributed by atoms with Crippen LogP contribution < -0.4 is 15.0 Å². The number of rotatable bonds is 5. The van der Waals surface area contributed by atoms with Gasteiger partial charge in [-0.05, 0) is 36.8 Å². The van der Waals surface area contributed by atoms with Crippen LogP contribution in [0.2, 0.25) is 0 Å². The third-order valence-corrected chi connectivity index (χ3v) is 4.41. The van der Waals surface area contributed by atoms with Crippen LogP contribution in [0.4, 0.5) is 5.82 Å². The van der Waals surface area contributed by atoms with E-state index in [1.54, 1.807) is 0 Å². The van der Waals surface area contributed by atoms with Crippen molar-refractivity contribution in [2.45, 2.75) is 6.92 Å². The van der Waals surface area contributed by atoms with E-state index in [-0.39, 0.29) is 24.0 Å². The molecule has 0 spiro atoms. The molecule has 0 bridgehead atoms. The molecular formula is C20H28IN5O. The topological polar surface area (TPSA) is 53.0 Å². The number of guanidine groups is 1. The molecule has 27 heavy (non-hydrogen) atoms. The Kier molecular flexibility index (Phi) is 8.63. The number of pyridine rings is 1. The fourth-order valence-corrected chi connectivity index (χ4v) is 3.06. The summed E-state index contributed by atoms with van der Waals surface area (Å²) in [5, 5.41) is 3.40. The number of halogens is 1. The Bertz CT molecular complexity index is 717. The summed E-state index contributed by atoms with van der Waals surface area (Å²) in [5.41, 5.74) is 1.21. The highest BCUT2D eigenvalue weighted by Crippen LogP contribution is 2.13. The average Bonchev–Trinajstić information content (AvgIpc) is 2.69. The predicted octanol–water partition coefficient (Wildman–Crippen LogP) is 2.78. The van der Waals surface area contributed by atoms with Gasteiger partial charge in [-0.1, -0.05) is 18.2 Å². The van der Waals surface area contributed by atoms with Crippen LogP contribution in [0.25, 0.3) is 0 Å². The van der Waals surface area contributed by atoms with Gasteiger partial charge >= 0.3 is 0 Å². The third-order valence-electron chi connectivity index (χ3n) is 4.41. The van der Waals surface area contributed by atoms with Crippen LogP contribution in [0.5, 0.6) is 5.75 Å². The summed E-state index contributed by atoms with van der Waals surface area (Å²) in [6.07, 6.45) is 1.84. The molecule has 0 amide bonds. The number of nitrogens with one attached hydrogen (secondary N) is 1. The zero-order chi connectivity index (χ0) is 18.2. The van der Waals surface area contributed by atoms with Crippen molar-refractivity contribution in [2.75, 3.05) is 51.3 Å². The number of anilines is 1. The summed E-state index contributed by atoms with van der Waals surface area (Å²) in [6.45, 7) is 7.13. The number of nitrogens with zero attached hydrogens (tertiary/aromatic N) is 4. The smallest absolute Gasteiger partial charge is 0.193 e. The van der Waals surface area contributed by atoms with E-state index < -0.39 is 0 Å². The molecule has 6 nitrogen and oxygen atoms in total. The summed E-state index contributed by atoms with van der Waals surface area (Å²) < 4.78 is 5.79. The standard InChI is InChI=1S/C20H27N5O.HI/c1-17-6-5-7-18(16-17)26-15-10-23-20(21-2)25-13-11-24(12-14-25)19-8-3-4-9-22-19;/h3-9,16H,10-15H2,1-2H3,(H,21,23);1H. The van der Waals surface area contributed by atoms with Crippen molar-refractivity contribution < 1.29 is 4.74 Å². The number of ether oxygens (including phenoxy) is 1. The molecule has 0 radical (unpaired) electrons. The van der Waals surface area contributed by atoms with Crippen molar-refractivity contribution in [1.82, 2.24) is 15.2 Å². The highest BCUT2D eigenvalue weighted by atomic mass is 127. The maximum Gasteiger partial charge on any atom is 0.193 e. The molecule has 3 rings (SSSR count). The number of benzene rings is 1. The van der Waals surface area contributed by atoms with E-state index in [9.17, 15) is 0 Å². The lowest BCUT2D eigenvalue weighted by molar-refractivity contribution is 0.314. The van der Waals surface area contributed by atoms with Gasteiger partial charge in [0.2, 0.25) is 0 Å². The molecule has 1 aliphatic rings. The molecule has 1 saturated heterocycles. The lowest BCUT2D eigenvalue weighted by atomic mass is 10.2. The first-order chi connectivity index (χ1) is 12.8. The number of piperazine rings is 1. The maximum absolute atomic E-state index is 5.79. The molecule has 1 aliphatic heterocycles. The van der Waals surface area contributed by atoms with Crippen LogP contribution in [0.3, 0.4) is 0 Å². The van der Waals surface area contributed by atoms with Gasteiger partial charge in [0.05, 0.1) is 6.54 Å². The van der Waals surface area contributed by atoms with E-state index >= 15 is 0 Å². The molecule has 1 N–H and O–H groups in total. The molecule has 2 heterocycles. The first-order valence-electron chi connectivity index (χ1n) is 9.07. The van der Waals surface area contributed by atoms with Crippen molar-refractivity contribution in [3.8, 4) is 5.75 Å². The van der Waals surface area contributed by atoms with Crippen LogP contribution in [0.15, 0.2) is 53.7 Å². The molecule has 0 aliphatic carbocycles. The molecule has 0 saturated carbocycles. The molecule has 1 aromatic heterocycles. The van der Waals surface area contributed by atoms with Crippen LogP contribution in [0, 0.1) is 6.92 Å². The van der Waals surface area contributed by atoms with E-state index in [2.05, 4.69) is 44.1 Å². The van der Waals surface area contributed by atoms with Crippen molar-refractivity contribution >= 4 is 35.8 Å². The molecule has 7 heteroatoms. The highest BCUT2D eigenvalue weighted by Gasteiger charge is 2.20. The Balaban J connectivity index is 0.00000261. The Hall–Kier alpha value is -2.03. The van der Waals surface area contributed by atoms with E-state index in [4.69, 9.17) is 4.74 Å². The van der Waals surface area contributed by atoms with Gasteiger partial charge in [0.25, 0.3) is 0 Å². The van der Waals surface area contributed by atoms with Gasteiger partial charge in [0.15, 0.2) is 5.96 Å². The highest BCUT2D eigenvalue weighted by molar-refractivity contribution is 14.0. The maximum atomic E-state index is 5.79. The fraction of sp³-hybridized carbons (Fsp3) is 0.400. The van der Waals surface area contributed by atoms with Gasteiger partial charge < -0.3 is 19.9 Å². The Morgan fingerprint density at radius 3 is 2.63 bits per heavy atom. The third kappa shape index (κ3) is 6.27. The summed E-state index contributed by atoms with van der Waals surface area (Å²) >= 11 is 0. The minimum Gasteiger partial charge on any atom is -0.492 e. The SMILES string of the molecule is CN=C(NCCOc1cccc(C)c1)N1CCN(c2ccccn2)CC1.I. The number of aryl methyl sites for hydroxylation is 1. The number of aromatic nitrogens is 1. The fourth-order valence-electron chi connectivity index (χ4n) is 3.06. The van der Waals surface area contributed by atoms with E-state index in [1.165, 1.54) is 5.56 Å². The van der Waals surface area contributed by atoms with Gasteiger partial charge in [-0.2, -0.15) is 0 Å². The van der Waals surface area contributed by atoms with E-state index in [0.717, 1.165) is 50.3 Å². The second-order valence-corrected chi connectivity index (χ2v) is 6.30. The zero-order valence-corrected chi connectivity index (χ0v) is 18.3. The van der Waals surface area contributed by atoms with Crippen LogP contribution in [-0.4, -0.2) is 62.2 Å². The van der Waals surface area contributed by atoms with E-state index in [1.807, 2.05) is 43.6 Å². The molecule has 2 aromatic rings. The van der Waals surface area contributed by atoms with Crippen molar-refractivity contribution in [1.29, 1.82) is 0 Å². The van der Waals surface area contributed by atoms with Crippen molar-refractivity contribution in [3.63, 3.8) is 0 Å². The summed E-state index contributed by atoms with van der Waals surface area (Å²) in [4.78, 5) is 13.4. The van der Waals surface area contributed by atoms with Gasteiger partial charge in [-0.25, -0.2) is 4.98 Å². The Morgan fingerprint density at radius 2 is 1.96 bits per heavy atom. The Labute approximate surface area is 178 Å². The van der Waals surface area contributed by atoms with Crippen LogP contribution >= 0.6 is 24.0 Å². The van der Waals surface area contributed by atoms with Crippen LogP contribution in [0.1, 0.15) is 5.56 Å². The Morgan fingerprint density at radius 1 is 1.15 bits per heavy atom. The lowest BCUT2D eigenvalue weighted by Crippen LogP contribution is -2.53. The summed E-state index contributed by atoms with van der Waals surface area (Å²) in [6, 6.07) is 14.2. The van der Waals surface area contributed by atoms with Gasteiger partial charge in [-0.15, -0.1) is 24.0 Å². The van der Waals surface area contributed by atoms with Gasteiger partial charge in [0, 0.05) is 39.4 Å². The molecule has 1 aromatic carbocycles. The van der Waals surface area contributed by atoms with Crippen LogP contribution in [-0.2, 0) is 0 Å². The van der Waals surface area contributed by atoms with Gasteiger partial charge in [-0.3, -0.25) is 4.99 Å². The lowest BCUT2D eigenvalue weighted by Gasteiger charge is -2.37. The normalized spacial score (nSPS) is 14.5. The van der Waals surface area contributed by atoms with Crippen molar-refractivity contribution in [3.05, 3.63) is 54.2 Å². The van der Waals surface area contributed by atoms with Crippen molar-refractivity contribution in [2.24, 2.45) is 4.99 Å². The predicted molar refractivity (Wildman–Crippen MR) is 121 cm³/mol. The summed E-state index contributed by atoms with van der Waals surface area (Å²) in [7, 11) is 1.83. The second kappa shape index (κ2) is 11.0. The zero-order valence-electron chi connectivity index (χ0n) is 16.0. The number of hydrogen-bond acceptors (Lipinski definition) is 4. The summed E-state index contributed by atoms with van der Waals surface area (Å²) in [5.74, 6) is 2.88.